The van der Waals surface area contributed by atoms with Gasteiger partial charge in [-0.15, -0.1) is 11.3 Å². The highest BCUT2D eigenvalue weighted by atomic mass is 32.1. The average molecular weight is 386 g/mol. The number of hydrogen-bond donors (Lipinski definition) is 0. The van der Waals surface area contributed by atoms with Crippen molar-refractivity contribution in [2.45, 2.75) is 26.1 Å². The second-order valence-electron chi connectivity index (χ2n) is 6.46. The van der Waals surface area contributed by atoms with Crippen molar-refractivity contribution in [2.24, 2.45) is 0 Å². The maximum atomic E-state index is 15.3. The molecule has 1 fully saturated rings. The van der Waals surface area contributed by atoms with Crippen LogP contribution in [0.2, 0.25) is 0 Å². The molecule has 0 radical (unpaired) electrons. The quantitative estimate of drug-likeness (QED) is 0.637. The van der Waals surface area contributed by atoms with Gasteiger partial charge in [0.05, 0.1) is 33.7 Å². The molecule has 0 aliphatic carbocycles. The van der Waals surface area contributed by atoms with Crippen LogP contribution in [0.25, 0.3) is 21.5 Å². The van der Waals surface area contributed by atoms with E-state index >= 15 is 4.39 Å². The summed E-state index contributed by atoms with van der Waals surface area (Å²) in [6, 6.07) is 3.53. The van der Waals surface area contributed by atoms with E-state index in [1.807, 2.05) is 19.9 Å². The Hall–Kier alpha value is -2.83. The Kier molecular flexibility index (Phi) is 4.37. The molecule has 1 aliphatic heterocycles. The number of fused-ring (bicyclic) bond motifs is 1. The van der Waals surface area contributed by atoms with Gasteiger partial charge in [0.25, 0.3) is 0 Å². The summed E-state index contributed by atoms with van der Waals surface area (Å²) in [6.07, 6.45) is 0.435. The number of anilines is 1. The molecule has 2 atom stereocenters. The van der Waals surface area contributed by atoms with Crippen LogP contribution in [0.15, 0.2) is 16.1 Å². The third kappa shape index (κ3) is 2.87. The first-order chi connectivity index (χ1) is 13.0. The number of benzene rings is 1. The monoisotopic (exact) mass is 386 g/mol. The van der Waals surface area contributed by atoms with Gasteiger partial charge in [0.15, 0.2) is 17.8 Å². The minimum absolute atomic E-state index is 0.0466. The molecule has 7 nitrogen and oxygen atoms in total. The van der Waals surface area contributed by atoms with Gasteiger partial charge in [0.1, 0.15) is 11.8 Å². The number of thiazole rings is 1. The van der Waals surface area contributed by atoms with E-state index in [0.717, 1.165) is 0 Å². The number of aromatic nitrogens is 2. The van der Waals surface area contributed by atoms with Gasteiger partial charge >= 0.3 is 0 Å². The van der Waals surface area contributed by atoms with Crippen molar-refractivity contribution in [2.75, 3.05) is 18.0 Å². The van der Waals surface area contributed by atoms with Gasteiger partial charge < -0.3 is 14.2 Å². The fourth-order valence-corrected chi connectivity index (χ4v) is 4.21. The van der Waals surface area contributed by atoms with E-state index in [9.17, 15) is 10.1 Å². The van der Waals surface area contributed by atoms with Crippen molar-refractivity contribution in [1.82, 2.24) is 10.1 Å². The van der Waals surface area contributed by atoms with Crippen molar-refractivity contribution < 1.29 is 18.4 Å². The molecule has 0 saturated carbocycles. The maximum absolute atomic E-state index is 15.3. The van der Waals surface area contributed by atoms with Crippen LogP contribution in [0.3, 0.4) is 0 Å². The lowest BCUT2D eigenvalue weighted by Crippen LogP contribution is -2.46. The minimum atomic E-state index is -0.641. The molecule has 27 heavy (non-hydrogen) atoms. The third-order valence-corrected chi connectivity index (χ3v) is 5.29. The number of carbonyl (C=O) groups is 1. The molecule has 138 valence electrons. The Balaban J connectivity index is 1.90. The SMILES string of the molecule is C[C@@H]1CN(c2c(C=O)cc3c(-c4scnc4C#N)noc3c2F)C[C@H](C)O1. The van der Waals surface area contributed by atoms with E-state index in [2.05, 4.69) is 10.1 Å². The average Bonchev–Trinajstić information content (AvgIpc) is 3.26. The topological polar surface area (TPSA) is 92.2 Å². The predicted molar refractivity (Wildman–Crippen MR) is 97.4 cm³/mol. The zero-order valence-electron chi connectivity index (χ0n) is 14.6. The van der Waals surface area contributed by atoms with Crippen LogP contribution in [0.1, 0.15) is 29.9 Å². The third-order valence-electron chi connectivity index (χ3n) is 4.46. The van der Waals surface area contributed by atoms with E-state index in [1.165, 1.54) is 16.8 Å². The highest BCUT2D eigenvalue weighted by Crippen LogP contribution is 2.38. The van der Waals surface area contributed by atoms with Crippen molar-refractivity contribution in [3.8, 4) is 16.6 Å². The Bertz CT molecular complexity index is 1060. The number of ether oxygens (including phenoxy) is 1. The molecule has 0 spiro atoms. The Labute approximate surface area is 158 Å². The van der Waals surface area contributed by atoms with Gasteiger partial charge in [-0.1, -0.05) is 5.16 Å². The number of halogens is 1. The lowest BCUT2D eigenvalue weighted by Gasteiger charge is -2.37. The molecule has 1 aliphatic rings. The van der Waals surface area contributed by atoms with Crippen LogP contribution < -0.4 is 4.90 Å². The number of nitriles is 1. The first kappa shape index (κ1) is 17.6. The summed E-state index contributed by atoms with van der Waals surface area (Å²) < 4.78 is 26.3. The maximum Gasteiger partial charge on any atom is 0.205 e. The standard InChI is InChI=1S/C18H15FN4O3S/c1-9-5-23(6-10(2)25-9)16-11(7-24)3-12-15(22-26-17(12)14(16)19)18-13(4-20)21-8-27-18/h3,7-10H,5-6H2,1-2H3/t9-,10+. The first-order valence-electron chi connectivity index (χ1n) is 8.34. The zero-order chi connectivity index (χ0) is 19.1. The van der Waals surface area contributed by atoms with Crippen LogP contribution in [-0.2, 0) is 4.74 Å². The molecule has 0 bridgehead atoms. The first-order valence-corrected chi connectivity index (χ1v) is 9.22. The zero-order valence-corrected chi connectivity index (χ0v) is 15.4. The highest BCUT2D eigenvalue weighted by molar-refractivity contribution is 7.13. The number of nitrogens with zero attached hydrogens (tertiary/aromatic N) is 4. The molecule has 0 amide bonds. The van der Waals surface area contributed by atoms with E-state index in [1.54, 1.807) is 11.0 Å². The Morgan fingerprint density at radius 1 is 1.41 bits per heavy atom. The van der Waals surface area contributed by atoms with Crippen LogP contribution in [0, 0.1) is 17.1 Å². The van der Waals surface area contributed by atoms with Crippen LogP contribution in [0.4, 0.5) is 10.1 Å². The van der Waals surface area contributed by atoms with Gasteiger partial charge in [-0.05, 0) is 19.9 Å². The summed E-state index contributed by atoms with van der Waals surface area (Å²) in [4.78, 5) is 18.0. The van der Waals surface area contributed by atoms with Gasteiger partial charge in [-0.25, -0.2) is 9.37 Å². The van der Waals surface area contributed by atoms with Crippen LogP contribution in [-0.4, -0.2) is 41.7 Å². The Morgan fingerprint density at radius 2 is 2.15 bits per heavy atom. The van der Waals surface area contributed by atoms with Crippen LogP contribution >= 0.6 is 11.3 Å². The van der Waals surface area contributed by atoms with Gasteiger partial charge in [-0.2, -0.15) is 5.26 Å². The summed E-state index contributed by atoms with van der Waals surface area (Å²) in [5, 5.41) is 13.5. The molecule has 0 N–H and O–H groups in total. The molecule has 1 saturated heterocycles. The van der Waals surface area contributed by atoms with E-state index in [4.69, 9.17) is 9.26 Å². The summed E-state index contributed by atoms with van der Waals surface area (Å²) in [5.41, 5.74) is 2.34. The molecule has 3 heterocycles. The molecular formula is C18H15FN4O3S. The lowest BCUT2D eigenvalue weighted by atomic mass is 10.0. The summed E-state index contributed by atoms with van der Waals surface area (Å²) in [7, 11) is 0. The minimum Gasteiger partial charge on any atom is -0.372 e. The predicted octanol–water partition coefficient (Wildman–Crippen LogP) is 3.39. The van der Waals surface area contributed by atoms with E-state index < -0.39 is 5.82 Å². The number of rotatable bonds is 3. The fourth-order valence-electron chi connectivity index (χ4n) is 3.48. The lowest BCUT2D eigenvalue weighted by molar-refractivity contribution is -0.00543. The molecule has 0 unspecified atom stereocenters. The molecule has 2 aromatic heterocycles. The van der Waals surface area contributed by atoms with Crippen molar-refractivity contribution >= 4 is 34.3 Å². The number of aldehydes is 1. The van der Waals surface area contributed by atoms with Gasteiger partial charge in [-0.3, -0.25) is 4.79 Å². The van der Waals surface area contributed by atoms with Crippen LogP contribution in [0.5, 0.6) is 0 Å². The second kappa shape index (κ2) is 6.72. The molecule has 9 heteroatoms. The van der Waals surface area contributed by atoms with Gasteiger partial charge in [0.2, 0.25) is 5.58 Å². The van der Waals surface area contributed by atoms with Crippen molar-refractivity contribution in [3.63, 3.8) is 0 Å². The summed E-state index contributed by atoms with van der Waals surface area (Å²) >= 11 is 1.21. The second-order valence-corrected chi connectivity index (χ2v) is 7.31. The number of carbonyl (C=O) groups excluding carboxylic acids is 1. The highest BCUT2D eigenvalue weighted by Gasteiger charge is 2.30. The Morgan fingerprint density at radius 3 is 2.81 bits per heavy atom. The van der Waals surface area contributed by atoms with Crippen molar-refractivity contribution in [3.05, 3.63) is 28.7 Å². The largest absolute Gasteiger partial charge is 0.372 e. The fraction of sp³-hybridized carbons (Fsp3) is 0.333. The number of morpholine rings is 1. The number of hydrogen-bond acceptors (Lipinski definition) is 8. The summed E-state index contributed by atoms with van der Waals surface area (Å²) in [6.45, 7) is 4.73. The smallest absolute Gasteiger partial charge is 0.205 e. The normalized spacial score (nSPS) is 20.0. The molecule has 4 rings (SSSR count). The summed E-state index contributed by atoms with van der Waals surface area (Å²) in [5.74, 6) is -0.641. The molecular weight excluding hydrogens is 371 g/mol. The molecule has 3 aromatic rings. The van der Waals surface area contributed by atoms with Gasteiger partial charge in [0, 0.05) is 18.7 Å². The van der Waals surface area contributed by atoms with E-state index in [0.29, 0.717) is 35.3 Å². The molecule has 1 aromatic carbocycles. The van der Waals surface area contributed by atoms with E-state index in [-0.39, 0.29) is 34.7 Å². The van der Waals surface area contributed by atoms with Crippen molar-refractivity contribution in [1.29, 1.82) is 5.26 Å².